The lowest BCUT2D eigenvalue weighted by atomic mass is 10.1. The zero-order chi connectivity index (χ0) is 17.3. The summed E-state index contributed by atoms with van der Waals surface area (Å²) in [6.07, 6.45) is -4.15. The van der Waals surface area contributed by atoms with E-state index in [1.165, 1.54) is 11.0 Å². The zero-order valence-electron chi connectivity index (χ0n) is 12.2. The summed E-state index contributed by atoms with van der Waals surface area (Å²) in [5.74, 6) is -2.07. The van der Waals surface area contributed by atoms with Crippen LogP contribution in [0.1, 0.15) is 17.4 Å². The zero-order valence-corrected chi connectivity index (χ0v) is 12.2. The van der Waals surface area contributed by atoms with Crippen LogP contribution in [0.5, 0.6) is 0 Å². The van der Waals surface area contributed by atoms with Crippen molar-refractivity contribution in [2.75, 3.05) is 24.6 Å². The Morgan fingerprint density at radius 3 is 2.62 bits per heavy atom. The topological polar surface area (TPSA) is 38.2 Å². The number of alkyl halides is 3. The van der Waals surface area contributed by atoms with Crippen molar-refractivity contribution in [1.29, 1.82) is 0 Å². The van der Waals surface area contributed by atoms with Crippen molar-refractivity contribution in [3.8, 4) is 0 Å². The summed E-state index contributed by atoms with van der Waals surface area (Å²) in [6.45, 7) is 0.622. The smallest absolute Gasteiger partial charge is 0.370 e. The van der Waals surface area contributed by atoms with Gasteiger partial charge in [-0.2, -0.15) is 13.2 Å². The van der Waals surface area contributed by atoms with Gasteiger partial charge >= 0.3 is 6.18 Å². The number of hydrogen-bond acceptors (Lipinski definition) is 4. The molecule has 0 bridgehead atoms. The maximum absolute atomic E-state index is 13.3. The highest BCUT2D eigenvalue weighted by atomic mass is 19.4. The van der Waals surface area contributed by atoms with E-state index < -0.39 is 29.6 Å². The predicted molar refractivity (Wildman–Crippen MR) is 74.3 cm³/mol. The molecule has 2 aromatic rings. The number of ether oxygens (including phenoxy) is 1. The van der Waals surface area contributed by atoms with Gasteiger partial charge in [0.1, 0.15) is 11.8 Å². The van der Waals surface area contributed by atoms with Crippen molar-refractivity contribution < 1.29 is 26.7 Å². The minimum Gasteiger partial charge on any atom is -0.370 e. The molecule has 128 valence electrons. The van der Waals surface area contributed by atoms with Crippen molar-refractivity contribution in [1.82, 2.24) is 9.97 Å². The average molecular weight is 345 g/mol. The maximum atomic E-state index is 13.3. The summed E-state index contributed by atoms with van der Waals surface area (Å²) in [5.41, 5.74) is -0.644. The lowest BCUT2D eigenvalue weighted by Crippen LogP contribution is -2.39. The Morgan fingerprint density at radius 2 is 1.92 bits per heavy atom. The van der Waals surface area contributed by atoms with E-state index in [1.807, 2.05) is 0 Å². The van der Waals surface area contributed by atoms with Crippen molar-refractivity contribution in [2.45, 2.75) is 12.3 Å². The number of benzene rings is 1. The fourth-order valence-corrected chi connectivity index (χ4v) is 2.40. The molecule has 4 nitrogen and oxygen atoms in total. The van der Waals surface area contributed by atoms with Crippen LogP contribution in [0.15, 0.2) is 30.5 Å². The Bertz CT molecular complexity index is 737. The highest BCUT2D eigenvalue weighted by Crippen LogP contribution is 2.30. The molecule has 1 saturated heterocycles. The van der Waals surface area contributed by atoms with Gasteiger partial charge in [0.25, 0.3) is 0 Å². The normalized spacial score (nSPS) is 18.7. The average Bonchev–Trinajstić information content (AvgIpc) is 2.57. The Hall–Kier alpha value is -2.29. The summed E-state index contributed by atoms with van der Waals surface area (Å²) in [6, 6.07) is 4.15. The van der Waals surface area contributed by atoms with Crippen LogP contribution in [-0.4, -0.2) is 29.7 Å². The molecule has 0 aliphatic carbocycles. The predicted octanol–water partition coefficient (Wildman–Crippen LogP) is 3.35. The van der Waals surface area contributed by atoms with Crippen LogP contribution in [0, 0.1) is 11.6 Å². The first kappa shape index (κ1) is 16.6. The third kappa shape index (κ3) is 3.45. The van der Waals surface area contributed by atoms with Crippen LogP contribution < -0.4 is 4.90 Å². The van der Waals surface area contributed by atoms with Crippen LogP contribution in [0.3, 0.4) is 0 Å². The van der Waals surface area contributed by atoms with E-state index in [-0.39, 0.29) is 19.1 Å². The van der Waals surface area contributed by atoms with Gasteiger partial charge in [0.15, 0.2) is 11.6 Å². The van der Waals surface area contributed by atoms with E-state index in [0.29, 0.717) is 12.1 Å². The summed E-state index contributed by atoms with van der Waals surface area (Å²) < 4.78 is 70.1. The molecule has 0 radical (unpaired) electrons. The molecule has 0 saturated carbocycles. The Balaban J connectivity index is 1.82. The van der Waals surface area contributed by atoms with Crippen LogP contribution in [-0.2, 0) is 10.9 Å². The number of aromatic nitrogens is 2. The first-order valence-corrected chi connectivity index (χ1v) is 7.06. The fourth-order valence-electron chi connectivity index (χ4n) is 2.40. The molecule has 0 spiro atoms. The van der Waals surface area contributed by atoms with Crippen molar-refractivity contribution in [2.24, 2.45) is 0 Å². The number of anilines is 1. The standard InChI is InChI=1S/C15H12F5N3O/c16-10-2-1-9(7-11(10)17)12-8-23(5-6-24-12)14-21-4-3-13(22-14)15(18,19)20/h1-4,7,12H,5-6,8H2/t12-/m0/s1. The summed E-state index contributed by atoms with van der Waals surface area (Å²) >= 11 is 0. The van der Waals surface area contributed by atoms with Gasteiger partial charge in [-0.25, -0.2) is 18.7 Å². The lowest BCUT2D eigenvalue weighted by molar-refractivity contribution is -0.141. The van der Waals surface area contributed by atoms with E-state index in [2.05, 4.69) is 9.97 Å². The van der Waals surface area contributed by atoms with Gasteiger partial charge < -0.3 is 9.64 Å². The van der Waals surface area contributed by atoms with Gasteiger partial charge in [0.05, 0.1) is 13.2 Å². The molecule has 3 rings (SSSR count). The highest BCUT2D eigenvalue weighted by molar-refractivity contribution is 5.33. The largest absolute Gasteiger partial charge is 0.433 e. The molecule has 2 heterocycles. The van der Waals surface area contributed by atoms with Gasteiger partial charge in [-0.1, -0.05) is 6.07 Å². The second-order valence-corrected chi connectivity index (χ2v) is 5.22. The quantitative estimate of drug-likeness (QED) is 0.783. The van der Waals surface area contributed by atoms with Crippen molar-refractivity contribution in [3.63, 3.8) is 0 Å². The van der Waals surface area contributed by atoms with Crippen molar-refractivity contribution >= 4 is 5.95 Å². The van der Waals surface area contributed by atoms with Crippen molar-refractivity contribution in [3.05, 3.63) is 53.4 Å². The molecule has 1 aromatic carbocycles. The summed E-state index contributed by atoms with van der Waals surface area (Å²) in [7, 11) is 0. The van der Waals surface area contributed by atoms with Gasteiger partial charge in [0, 0.05) is 12.7 Å². The monoisotopic (exact) mass is 345 g/mol. The second kappa shape index (κ2) is 6.31. The number of morpholine rings is 1. The number of hydrogen-bond donors (Lipinski definition) is 0. The second-order valence-electron chi connectivity index (χ2n) is 5.22. The summed E-state index contributed by atoms with van der Waals surface area (Å²) in [5, 5.41) is 0. The molecule has 1 atom stereocenters. The Labute approximate surface area is 133 Å². The Kier molecular flexibility index (Phi) is 4.35. The molecule has 1 aliphatic rings. The van der Waals surface area contributed by atoms with E-state index in [0.717, 1.165) is 24.4 Å². The van der Waals surface area contributed by atoms with Gasteiger partial charge in [-0.3, -0.25) is 0 Å². The number of rotatable bonds is 2. The highest BCUT2D eigenvalue weighted by Gasteiger charge is 2.34. The van der Waals surface area contributed by atoms with Crippen LogP contribution in [0.4, 0.5) is 27.9 Å². The van der Waals surface area contributed by atoms with E-state index in [1.54, 1.807) is 0 Å². The molecule has 1 aromatic heterocycles. The number of halogens is 5. The van der Waals surface area contributed by atoms with Gasteiger partial charge in [-0.15, -0.1) is 0 Å². The van der Waals surface area contributed by atoms with E-state index in [9.17, 15) is 22.0 Å². The van der Waals surface area contributed by atoms with Crippen LogP contribution in [0.25, 0.3) is 0 Å². The molecule has 24 heavy (non-hydrogen) atoms. The SMILES string of the molecule is Fc1ccc([C@@H]2CN(c3nccc(C(F)(F)F)n3)CCO2)cc1F. The van der Waals surface area contributed by atoms with E-state index >= 15 is 0 Å². The minimum atomic E-state index is -4.57. The minimum absolute atomic E-state index is 0.0827. The van der Waals surface area contributed by atoms with E-state index in [4.69, 9.17) is 4.74 Å². The molecule has 1 fully saturated rings. The molecule has 0 amide bonds. The van der Waals surface area contributed by atoms with Gasteiger partial charge in [-0.05, 0) is 23.8 Å². The molecular weight excluding hydrogens is 333 g/mol. The first-order valence-electron chi connectivity index (χ1n) is 7.06. The lowest BCUT2D eigenvalue weighted by Gasteiger charge is -2.33. The molecular formula is C15H12F5N3O. The summed E-state index contributed by atoms with van der Waals surface area (Å²) in [4.78, 5) is 8.91. The molecule has 9 heteroatoms. The fraction of sp³-hybridized carbons (Fsp3) is 0.333. The molecule has 0 unspecified atom stereocenters. The maximum Gasteiger partial charge on any atom is 0.433 e. The number of nitrogens with zero attached hydrogens (tertiary/aromatic N) is 3. The first-order chi connectivity index (χ1) is 11.3. The van der Waals surface area contributed by atoms with Gasteiger partial charge in [0.2, 0.25) is 5.95 Å². The molecule has 0 N–H and O–H groups in total. The Morgan fingerprint density at radius 1 is 1.12 bits per heavy atom. The molecule has 1 aliphatic heterocycles. The third-order valence-corrected chi connectivity index (χ3v) is 3.60. The van der Waals surface area contributed by atoms with Crippen LogP contribution >= 0.6 is 0 Å². The van der Waals surface area contributed by atoms with Crippen LogP contribution in [0.2, 0.25) is 0 Å². The third-order valence-electron chi connectivity index (χ3n) is 3.60.